The lowest BCUT2D eigenvalue weighted by Crippen LogP contribution is -2.28. The number of carbonyl (C=O) groups excluding carboxylic acids is 2. The number of allylic oxidation sites excluding steroid dienone is 6. The Kier molecular flexibility index (Phi) is 42.0. The maximum absolute atomic E-state index is 12.2. The van der Waals surface area contributed by atoms with Gasteiger partial charge in [0.25, 0.3) is 0 Å². The van der Waals surface area contributed by atoms with E-state index in [-0.39, 0.29) is 25.2 Å². The third kappa shape index (κ3) is 40.9. The fraction of sp³-hybridized carbons (Fsp3) is 0.830. The van der Waals surface area contributed by atoms with Gasteiger partial charge in [0.15, 0.2) is 6.10 Å². The molecule has 5 nitrogen and oxygen atoms in total. The second-order valence-electron chi connectivity index (χ2n) is 15.1. The average molecular weight is 731 g/mol. The molecule has 0 radical (unpaired) electrons. The number of ether oxygens (including phenoxy) is 2. The van der Waals surface area contributed by atoms with Crippen LogP contribution < -0.4 is 0 Å². The van der Waals surface area contributed by atoms with Gasteiger partial charge < -0.3 is 14.6 Å². The van der Waals surface area contributed by atoms with E-state index in [4.69, 9.17) is 9.47 Å². The Morgan fingerprint density at radius 2 is 0.827 bits per heavy atom. The monoisotopic (exact) mass is 731 g/mol. The predicted molar refractivity (Wildman–Crippen MR) is 224 cm³/mol. The van der Waals surface area contributed by atoms with Crippen molar-refractivity contribution in [3.63, 3.8) is 0 Å². The zero-order valence-electron chi connectivity index (χ0n) is 34.6. The van der Waals surface area contributed by atoms with Gasteiger partial charge in [-0.2, -0.15) is 0 Å². The molecule has 0 aromatic carbocycles. The number of aliphatic hydroxyl groups is 1. The van der Waals surface area contributed by atoms with Crippen LogP contribution in [0.5, 0.6) is 0 Å². The number of aliphatic hydroxyl groups excluding tert-OH is 1. The molecule has 0 amide bonds. The van der Waals surface area contributed by atoms with E-state index in [1.165, 1.54) is 141 Å². The van der Waals surface area contributed by atoms with Crippen LogP contribution in [0.2, 0.25) is 0 Å². The highest BCUT2D eigenvalue weighted by Gasteiger charge is 2.16. The van der Waals surface area contributed by atoms with E-state index in [0.29, 0.717) is 12.8 Å². The van der Waals surface area contributed by atoms with Crippen LogP contribution in [0.1, 0.15) is 232 Å². The van der Waals surface area contributed by atoms with Crippen molar-refractivity contribution in [3.8, 4) is 0 Å². The van der Waals surface area contributed by atoms with Crippen molar-refractivity contribution < 1.29 is 24.2 Å². The third-order valence-electron chi connectivity index (χ3n) is 9.95. The van der Waals surface area contributed by atoms with E-state index in [0.717, 1.165) is 64.2 Å². The Morgan fingerprint density at radius 1 is 0.462 bits per heavy atom. The van der Waals surface area contributed by atoms with Gasteiger partial charge in [-0.3, -0.25) is 9.59 Å². The minimum Gasteiger partial charge on any atom is -0.462 e. The van der Waals surface area contributed by atoms with E-state index in [1.807, 2.05) is 0 Å². The molecular formula is C47H86O5. The molecule has 0 heterocycles. The average Bonchev–Trinajstić information content (AvgIpc) is 3.15. The molecule has 0 aliphatic rings. The van der Waals surface area contributed by atoms with Crippen LogP contribution in [0.25, 0.3) is 0 Å². The van der Waals surface area contributed by atoms with Crippen molar-refractivity contribution in [2.45, 2.75) is 238 Å². The molecule has 0 aromatic rings. The van der Waals surface area contributed by atoms with Crippen molar-refractivity contribution >= 4 is 11.9 Å². The van der Waals surface area contributed by atoms with Gasteiger partial charge in [0.2, 0.25) is 0 Å². The molecule has 0 aromatic heterocycles. The van der Waals surface area contributed by atoms with E-state index >= 15 is 0 Å². The van der Waals surface area contributed by atoms with Crippen LogP contribution in [-0.4, -0.2) is 36.4 Å². The number of rotatable bonds is 41. The van der Waals surface area contributed by atoms with E-state index in [9.17, 15) is 14.7 Å². The molecule has 0 rings (SSSR count). The summed E-state index contributed by atoms with van der Waals surface area (Å²) in [5.74, 6) is -0.617. The summed E-state index contributed by atoms with van der Waals surface area (Å²) in [6.07, 6.45) is 53.8. The Hall–Kier alpha value is -1.88. The number of unbranched alkanes of at least 4 members (excludes halogenated alkanes) is 27. The second-order valence-corrected chi connectivity index (χ2v) is 15.1. The first-order valence-corrected chi connectivity index (χ1v) is 22.5. The minimum atomic E-state index is -0.783. The summed E-state index contributed by atoms with van der Waals surface area (Å²) < 4.78 is 10.6. The number of hydrogen-bond acceptors (Lipinski definition) is 5. The quantitative estimate of drug-likeness (QED) is 0.0385. The molecule has 0 aliphatic carbocycles. The molecule has 5 heteroatoms. The van der Waals surface area contributed by atoms with Crippen molar-refractivity contribution in [2.24, 2.45) is 0 Å². The number of hydrogen-bond donors (Lipinski definition) is 1. The SMILES string of the molecule is CC/C=C\C/C=C\C/C=C\CCCCCC(=O)OC(CO)COC(=O)CCCCCCCCCCCCCCCCCCCCCCCCCCC. The molecule has 1 unspecified atom stereocenters. The van der Waals surface area contributed by atoms with Gasteiger partial charge in [-0.05, 0) is 44.9 Å². The minimum absolute atomic E-state index is 0.0748. The summed E-state index contributed by atoms with van der Waals surface area (Å²) in [4.78, 5) is 24.3. The first kappa shape index (κ1) is 50.1. The molecule has 0 saturated carbocycles. The van der Waals surface area contributed by atoms with Crippen LogP contribution in [0, 0.1) is 0 Å². The number of esters is 2. The standard InChI is InChI=1S/C47H86O5/c1-3-5-7-9-11-13-15-17-18-19-20-21-22-23-24-25-26-27-28-30-31-33-35-37-39-41-46(49)51-44-45(43-48)52-47(50)42-40-38-36-34-32-29-16-14-12-10-8-6-4-2/h6,8,12,14,29,32,45,48H,3-5,7,9-11,13,15-28,30-31,33-44H2,1-2H3/b8-6-,14-12-,32-29-. The van der Waals surface area contributed by atoms with Crippen LogP contribution in [-0.2, 0) is 19.1 Å². The first-order valence-electron chi connectivity index (χ1n) is 22.5. The largest absolute Gasteiger partial charge is 0.462 e. The molecule has 52 heavy (non-hydrogen) atoms. The Bertz CT molecular complexity index is 832. The predicted octanol–water partition coefficient (Wildman–Crippen LogP) is 14.4. The highest BCUT2D eigenvalue weighted by Crippen LogP contribution is 2.16. The van der Waals surface area contributed by atoms with Gasteiger partial charge in [-0.15, -0.1) is 0 Å². The summed E-state index contributed by atoms with van der Waals surface area (Å²) >= 11 is 0. The molecule has 0 spiro atoms. The summed E-state index contributed by atoms with van der Waals surface area (Å²) in [6.45, 7) is 4.02. The van der Waals surface area contributed by atoms with Gasteiger partial charge in [0.05, 0.1) is 6.61 Å². The molecule has 1 atom stereocenters. The summed E-state index contributed by atoms with van der Waals surface area (Å²) in [6, 6.07) is 0. The van der Waals surface area contributed by atoms with E-state index in [1.54, 1.807) is 0 Å². The lowest BCUT2D eigenvalue weighted by molar-refractivity contribution is -0.161. The van der Waals surface area contributed by atoms with Gasteiger partial charge in [0.1, 0.15) is 6.61 Å². The fourth-order valence-corrected chi connectivity index (χ4v) is 6.57. The van der Waals surface area contributed by atoms with E-state index < -0.39 is 6.10 Å². The van der Waals surface area contributed by atoms with E-state index in [2.05, 4.69) is 50.3 Å². The number of carbonyl (C=O) groups is 2. The molecule has 1 N–H and O–H groups in total. The van der Waals surface area contributed by atoms with Gasteiger partial charge in [-0.1, -0.05) is 211 Å². The summed E-state index contributed by atoms with van der Waals surface area (Å²) in [7, 11) is 0. The molecule has 0 fully saturated rings. The van der Waals surface area contributed by atoms with Crippen molar-refractivity contribution in [1.82, 2.24) is 0 Å². The Labute approximate surface area is 323 Å². The first-order chi connectivity index (χ1) is 25.6. The van der Waals surface area contributed by atoms with Crippen LogP contribution in [0.15, 0.2) is 36.5 Å². The Balaban J connectivity index is 3.46. The summed E-state index contributed by atoms with van der Waals surface area (Å²) in [5.41, 5.74) is 0. The van der Waals surface area contributed by atoms with Crippen LogP contribution in [0.3, 0.4) is 0 Å². The lowest BCUT2D eigenvalue weighted by atomic mass is 10.0. The van der Waals surface area contributed by atoms with Gasteiger partial charge in [-0.25, -0.2) is 0 Å². The smallest absolute Gasteiger partial charge is 0.306 e. The Morgan fingerprint density at radius 3 is 1.25 bits per heavy atom. The maximum atomic E-state index is 12.2. The lowest BCUT2D eigenvalue weighted by Gasteiger charge is -2.15. The summed E-state index contributed by atoms with van der Waals surface area (Å²) in [5, 5.41) is 9.56. The van der Waals surface area contributed by atoms with Crippen molar-refractivity contribution in [2.75, 3.05) is 13.2 Å². The third-order valence-corrected chi connectivity index (χ3v) is 9.95. The topological polar surface area (TPSA) is 72.8 Å². The van der Waals surface area contributed by atoms with Crippen molar-refractivity contribution in [1.29, 1.82) is 0 Å². The highest BCUT2D eigenvalue weighted by atomic mass is 16.6. The maximum Gasteiger partial charge on any atom is 0.306 e. The second kappa shape index (κ2) is 43.5. The zero-order valence-corrected chi connectivity index (χ0v) is 34.6. The van der Waals surface area contributed by atoms with Crippen molar-refractivity contribution in [3.05, 3.63) is 36.5 Å². The van der Waals surface area contributed by atoms with Gasteiger partial charge >= 0.3 is 11.9 Å². The fourth-order valence-electron chi connectivity index (χ4n) is 6.57. The zero-order chi connectivity index (χ0) is 37.8. The normalized spacial score (nSPS) is 12.4. The van der Waals surface area contributed by atoms with Crippen LogP contribution >= 0.6 is 0 Å². The molecule has 304 valence electrons. The van der Waals surface area contributed by atoms with Gasteiger partial charge in [0, 0.05) is 12.8 Å². The van der Waals surface area contributed by atoms with Crippen LogP contribution in [0.4, 0.5) is 0 Å². The molecular weight excluding hydrogens is 645 g/mol. The molecule has 0 saturated heterocycles. The molecule has 0 bridgehead atoms. The molecule has 0 aliphatic heterocycles. The highest BCUT2D eigenvalue weighted by molar-refractivity contribution is 5.70.